The Hall–Kier alpha value is -1.61. The predicted octanol–water partition coefficient (Wildman–Crippen LogP) is 3.19. The van der Waals surface area contributed by atoms with E-state index in [4.69, 9.17) is 5.11 Å². The standard InChI is InChI=1S/C13H12O2S/c1-9-7-16-8-12(9)13(15)6-10-2-4-11(14)5-3-10/h2-5,7-8,14H,6H2,1H3. The Morgan fingerprint density at radius 3 is 2.50 bits per heavy atom. The lowest BCUT2D eigenvalue weighted by atomic mass is 10.0. The summed E-state index contributed by atoms with van der Waals surface area (Å²) in [6, 6.07) is 6.75. The van der Waals surface area contributed by atoms with Gasteiger partial charge >= 0.3 is 0 Å². The molecule has 1 aromatic carbocycles. The average Bonchev–Trinajstić information content (AvgIpc) is 2.68. The van der Waals surface area contributed by atoms with Gasteiger partial charge in [0.1, 0.15) is 5.75 Å². The maximum absolute atomic E-state index is 11.9. The molecule has 0 saturated heterocycles. The van der Waals surface area contributed by atoms with Crippen molar-refractivity contribution in [3.05, 3.63) is 51.7 Å². The predicted molar refractivity (Wildman–Crippen MR) is 65.2 cm³/mol. The summed E-state index contributed by atoms with van der Waals surface area (Å²) in [4.78, 5) is 11.9. The van der Waals surface area contributed by atoms with Crippen molar-refractivity contribution in [2.45, 2.75) is 13.3 Å². The minimum atomic E-state index is 0.129. The van der Waals surface area contributed by atoms with Crippen LogP contribution in [0.5, 0.6) is 5.75 Å². The number of Topliss-reactive ketones (excluding diaryl/α,β-unsaturated/α-hetero) is 1. The van der Waals surface area contributed by atoms with Gasteiger partial charge in [-0.25, -0.2) is 0 Å². The van der Waals surface area contributed by atoms with Crippen LogP contribution in [0.15, 0.2) is 35.0 Å². The van der Waals surface area contributed by atoms with E-state index in [1.807, 2.05) is 17.7 Å². The molecule has 0 aliphatic rings. The van der Waals surface area contributed by atoms with Gasteiger partial charge in [0.25, 0.3) is 0 Å². The number of rotatable bonds is 3. The van der Waals surface area contributed by atoms with Gasteiger partial charge in [-0.2, -0.15) is 11.3 Å². The van der Waals surface area contributed by atoms with E-state index in [-0.39, 0.29) is 11.5 Å². The number of ketones is 1. The summed E-state index contributed by atoms with van der Waals surface area (Å²) in [6.07, 6.45) is 0.387. The van der Waals surface area contributed by atoms with E-state index in [1.165, 1.54) is 0 Å². The maximum Gasteiger partial charge on any atom is 0.168 e. The molecule has 1 heterocycles. The normalized spacial score (nSPS) is 10.3. The molecule has 2 rings (SSSR count). The molecule has 0 saturated carbocycles. The lowest BCUT2D eigenvalue weighted by molar-refractivity contribution is 0.0993. The summed E-state index contributed by atoms with van der Waals surface area (Å²) in [7, 11) is 0. The third kappa shape index (κ3) is 2.31. The highest BCUT2D eigenvalue weighted by molar-refractivity contribution is 7.08. The van der Waals surface area contributed by atoms with Crippen molar-refractivity contribution in [3.8, 4) is 5.75 Å². The molecule has 0 unspecified atom stereocenters. The van der Waals surface area contributed by atoms with Crippen LogP contribution in [0.4, 0.5) is 0 Å². The summed E-state index contributed by atoms with van der Waals surface area (Å²) >= 11 is 1.55. The molecule has 16 heavy (non-hydrogen) atoms. The summed E-state index contributed by atoms with van der Waals surface area (Å²) < 4.78 is 0. The van der Waals surface area contributed by atoms with Gasteiger partial charge in [0.05, 0.1) is 0 Å². The molecule has 1 N–H and O–H groups in total. The molecule has 0 atom stereocenters. The largest absolute Gasteiger partial charge is 0.508 e. The Morgan fingerprint density at radius 1 is 1.25 bits per heavy atom. The highest BCUT2D eigenvalue weighted by atomic mass is 32.1. The second kappa shape index (κ2) is 4.49. The second-order valence-corrected chi connectivity index (χ2v) is 4.48. The molecule has 0 aliphatic heterocycles. The Bertz CT molecular complexity index is 497. The van der Waals surface area contributed by atoms with Crippen molar-refractivity contribution < 1.29 is 9.90 Å². The molecular weight excluding hydrogens is 220 g/mol. The number of phenols is 1. The molecule has 0 amide bonds. The molecule has 2 aromatic rings. The zero-order chi connectivity index (χ0) is 11.5. The van der Waals surface area contributed by atoms with Crippen LogP contribution in [-0.4, -0.2) is 10.9 Å². The smallest absolute Gasteiger partial charge is 0.168 e. The number of hydrogen-bond donors (Lipinski definition) is 1. The average molecular weight is 232 g/mol. The fourth-order valence-corrected chi connectivity index (χ4v) is 2.39. The van der Waals surface area contributed by atoms with Gasteiger partial charge in [-0.3, -0.25) is 4.79 Å². The minimum absolute atomic E-state index is 0.129. The van der Waals surface area contributed by atoms with Crippen LogP contribution in [0.25, 0.3) is 0 Å². The lowest BCUT2D eigenvalue weighted by Crippen LogP contribution is -2.03. The van der Waals surface area contributed by atoms with Crippen LogP contribution < -0.4 is 0 Å². The third-order valence-corrected chi connectivity index (χ3v) is 3.32. The molecular formula is C13H12O2S. The number of hydrogen-bond acceptors (Lipinski definition) is 3. The molecule has 0 fully saturated rings. The quantitative estimate of drug-likeness (QED) is 0.825. The van der Waals surface area contributed by atoms with Crippen LogP contribution in [0.3, 0.4) is 0 Å². The molecule has 2 nitrogen and oxygen atoms in total. The SMILES string of the molecule is Cc1cscc1C(=O)Cc1ccc(O)cc1. The Balaban J connectivity index is 2.14. The summed E-state index contributed by atoms with van der Waals surface area (Å²) in [6.45, 7) is 1.94. The fourth-order valence-electron chi connectivity index (χ4n) is 1.54. The van der Waals surface area contributed by atoms with Crippen LogP contribution >= 0.6 is 11.3 Å². The molecule has 0 bridgehead atoms. The van der Waals surface area contributed by atoms with Gasteiger partial charge < -0.3 is 5.11 Å². The number of carbonyl (C=O) groups excluding carboxylic acids is 1. The fraction of sp³-hybridized carbons (Fsp3) is 0.154. The topological polar surface area (TPSA) is 37.3 Å². The van der Waals surface area contributed by atoms with Crippen LogP contribution in [-0.2, 0) is 6.42 Å². The van der Waals surface area contributed by atoms with Crippen LogP contribution in [0.1, 0.15) is 21.5 Å². The van der Waals surface area contributed by atoms with Crippen molar-refractivity contribution in [2.75, 3.05) is 0 Å². The Morgan fingerprint density at radius 2 is 1.94 bits per heavy atom. The van der Waals surface area contributed by atoms with E-state index in [0.29, 0.717) is 6.42 Å². The summed E-state index contributed by atoms with van der Waals surface area (Å²) in [5.41, 5.74) is 2.76. The number of phenolic OH excluding ortho intramolecular Hbond substituents is 1. The first-order valence-corrected chi connectivity index (χ1v) is 5.95. The Kier molecular flexibility index (Phi) is 3.06. The van der Waals surface area contributed by atoms with Gasteiger partial charge in [0, 0.05) is 17.4 Å². The van der Waals surface area contributed by atoms with Crippen molar-refractivity contribution in [1.29, 1.82) is 0 Å². The number of aromatic hydroxyl groups is 1. The van der Waals surface area contributed by atoms with Gasteiger partial charge in [-0.05, 0) is 35.6 Å². The first-order chi connectivity index (χ1) is 7.66. The monoisotopic (exact) mass is 232 g/mol. The second-order valence-electron chi connectivity index (χ2n) is 3.73. The van der Waals surface area contributed by atoms with E-state index in [9.17, 15) is 4.79 Å². The van der Waals surface area contributed by atoms with E-state index in [1.54, 1.807) is 35.6 Å². The van der Waals surface area contributed by atoms with Crippen molar-refractivity contribution in [2.24, 2.45) is 0 Å². The van der Waals surface area contributed by atoms with Gasteiger partial charge in [0.2, 0.25) is 0 Å². The summed E-state index contributed by atoms with van der Waals surface area (Å²) in [5.74, 6) is 0.354. The molecule has 0 aliphatic carbocycles. The summed E-state index contributed by atoms with van der Waals surface area (Å²) in [5, 5.41) is 13.0. The van der Waals surface area contributed by atoms with Crippen molar-refractivity contribution in [3.63, 3.8) is 0 Å². The maximum atomic E-state index is 11.9. The molecule has 1 aromatic heterocycles. The number of benzene rings is 1. The molecule has 0 spiro atoms. The Labute approximate surface area is 98.2 Å². The van der Waals surface area contributed by atoms with E-state index in [0.717, 1.165) is 16.7 Å². The number of aryl methyl sites for hydroxylation is 1. The van der Waals surface area contributed by atoms with Gasteiger partial charge in [-0.1, -0.05) is 12.1 Å². The van der Waals surface area contributed by atoms with E-state index in [2.05, 4.69) is 0 Å². The first-order valence-electron chi connectivity index (χ1n) is 5.00. The van der Waals surface area contributed by atoms with Gasteiger partial charge in [0.15, 0.2) is 5.78 Å². The third-order valence-electron chi connectivity index (χ3n) is 2.46. The molecule has 82 valence electrons. The van der Waals surface area contributed by atoms with Crippen molar-refractivity contribution in [1.82, 2.24) is 0 Å². The number of thiophene rings is 1. The highest BCUT2D eigenvalue weighted by Gasteiger charge is 2.10. The molecule has 0 radical (unpaired) electrons. The van der Waals surface area contributed by atoms with Crippen LogP contribution in [0.2, 0.25) is 0 Å². The van der Waals surface area contributed by atoms with E-state index < -0.39 is 0 Å². The van der Waals surface area contributed by atoms with Crippen LogP contribution in [0, 0.1) is 6.92 Å². The minimum Gasteiger partial charge on any atom is -0.508 e. The molecule has 3 heteroatoms. The zero-order valence-electron chi connectivity index (χ0n) is 8.93. The van der Waals surface area contributed by atoms with E-state index >= 15 is 0 Å². The first kappa shape index (κ1) is 10.9. The zero-order valence-corrected chi connectivity index (χ0v) is 9.75. The number of carbonyl (C=O) groups is 1. The van der Waals surface area contributed by atoms with Gasteiger partial charge in [-0.15, -0.1) is 0 Å². The lowest BCUT2D eigenvalue weighted by Gasteiger charge is -2.01. The van der Waals surface area contributed by atoms with Crippen molar-refractivity contribution >= 4 is 17.1 Å². The highest BCUT2D eigenvalue weighted by Crippen LogP contribution is 2.17.